The predicted molar refractivity (Wildman–Crippen MR) is 22.5 cm³/mol. The van der Waals surface area contributed by atoms with E-state index in [0.29, 0.717) is 8.46 Å². The van der Waals surface area contributed by atoms with Gasteiger partial charge in [-0.25, -0.2) is 0 Å². The highest BCUT2D eigenvalue weighted by Gasteiger charge is 1.67. The molecule has 0 aromatic carbocycles. The minimum atomic E-state index is -0.153. The molecule has 0 spiro atoms. The summed E-state index contributed by atoms with van der Waals surface area (Å²) in [5, 5.41) is 0. The van der Waals surface area contributed by atoms with Gasteiger partial charge in [0, 0.05) is 0 Å². The van der Waals surface area contributed by atoms with Crippen molar-refractivity contribution in [2.45, 2.75) is 0 Å². The van der Waals surface area contributed by atoms with Crippen LogP contribution in [0, 0.1) is 0 Å². The lowest BCUT2D eigenvalue weighted by Gasteiger charge is -1.61. The van der Waals surface area contributed by atoms with Crippen LogP contribution in [0.15, 0.2) is 0 Å². The highest BCUT2D eigenvalue weighted by atomic mass is 31.1. The van der Waals surface area contributed by atoms with E-state index >= 15 is 0 Å². The summed E-state index contributed by atoms with van der Waals surface area (Å²) in [5.41, 5.74) is 0. The van der Waals surface area contributed by atoms with Crippen LogP contribution in [0.5, 0.6) is 0 Å². The van der Waals surface area contributed by atoms with Crippen molar-refractivity contribution >= 4 is 15.7 Å². The third-order valence-corrected chi connectivity index (χ3v) is 0.401. The fourth-order valence-electron chi connectivity index (χ4n) is 0. The molecule has 24 valence electrons. The summed E-state index contributed by atoms with van der Waals surface area (Å²) in [4.78, 5) is 0. The lowest BCUT2D eigenvalue weighted by Crippen LogP contribution is -1.52. The molecule has 0 saturated carbocycles. The molecule has 0 aromatic rings. The second kappa shape index (κ2) is 3.42. The summed E-state index contributed by atoms with van der Waals surface area (Å²) >= 11 is 0. The van der Waals surface area contributed by atoms with E-state index in [1.165, 1.54) is 0 Å². The van der Waals surface area contributed by atoms with Crippen LogP contribution in [0.2, 0.25) is 0 Å². The van der Waals surface area contributed by atoms with Gasteiger partial charge in [-0.3, -0.25) is 0 Å². The first-order chi connectivity index (χ1) is 1.91. The van der Waals surface area contributed by atoms with Gasteiger partial charge in [0.25, 0.3) is 0 Å². The molecule has 0 radical (unpaired) electrons. The molecule has 0 bridgehead atoms. The van der Waals surface area contributed by atoms with Gasteiger partial charge >= 0.3 is 7.28 Å². The van der Waals surface area contributed by atoms with Crippen molar-refractivity contribution in [1.29, 1.82) is 0 Å². The van der Waals surface area contributed by atoms with Crippen molar-refractivity contribution in [3.8, 4) is 0 Å². The van der Waals surface area contributed by atoms with Gasteiger partial charge in [0.05, 0.1) is 0 Å². The molecule has 1 unspecified atom stereocenters. The Labute approximate surface area is 27.8 Å². The lowest BCUT2D eigenvalue weighted by molar-refractivity contribution is 0.894. The van der Waals surface area contributed by atoms with Crippen molar-refractivity contribution in [2.75, 3.05) is 6.66 Å². The van der Waals surface area contributed by atoms with Crippen LogP contribution in [-0.2, 0) is 0 Å². The average Bonchev–Trinajstić information content (AvgIpc) is 1.37. The third-order valence-electron chi connectivity index (χ3n) is 0.134. The van der Waals surface area contributed by atoms with E-state index in [2.05, 4.69) is 0 Å². The molecular formula is CH5BFP. The molecule has 0 aliphatic rings. The highest BCUT2D eigenvalue weighted by Crippen LogP contribution is 1.93. The maximum Gasteiger partial charge on any atom is 0.354 e. The quantitative estimate of drug-likeness (QED) is 0.317. The SMILES string of the molecule is CPBF. The fraction of sp³-hybridized carbons (Fsp3) is 1.00. The summed E-state index contributed by atoms with van der Waals surface area (Å²) in [6, 6.07) is 0. The zero-order valence-corrected chi connectivity index (χ0v) is 3.59. The summed E-state index contributed by atoms with van der Waals surface area (Å²) < 4.78 is 10.7. The monoisotopic (exact) mass is 78.0 g/mol. The molecule has 0 fully saturated rings. The molecule has 4 heavy (non-hydrogen) atoms. The van der Waals surface area contributed by atoms with E-state index in [-0.39, 0.29) is 7.28 Å². The van der Waals surface area contributed by atoms with Crippen LogP contribution in [-0.4, -0.2) is 13.9 Å². The van der Waals surface area contributed by atoms with Crippen molar-refractivity contribution in [2.24, 2.45) is 0 Å². The van der Waals surface area contributed by atoms with Crippen LogP contribution < -0.4 is 0 Å². The molecule has 1 atom stereocenters. The maximum absolute atomic E-state index is 10.7. The topological polar surface area (TPSA) is 0 Å². The van der Waals surface area contributed by atoms with Crippen LogP contribution >= 0.6 is 8.46 Å². The summed E-state index contributed by atoms with van der Waals surface area (Å²) in [6.45, 7) is 1.83. The highest BCUT2D eigenvalue weighted by molar-refractivity contribution is 7.69. The summed E-state index contributed by atoms with van der Waals surface area (Å²) in [7, 11) is 0.321. The van der Waals surface area contributed by atoms with Gasteiger partial charge in [-0.15, -0.1) is 8.46 Å². The lowest BCUT2D eigenvalue weighted by atomic mass is 10.6. The molecular weight excluding hydrogens is 72.8 g/mol. The Balaban J connectivity index is 1.97. The molecule has 0 aliphatic heterocycles. The second-order valence-electron chi connectivity index (χ2n) is 0.487. The Morgan fingerprint density at radius 1 is 2.00 bits per heavy atom. The van der Waals surface area contributed by atoms with E-state index in [4.69, 9.17) is 0 Å². The zero-order chi connectivity index (χ0) is 3.41. The molecule has 0 saturated heterocycles. The fourth-order valence-corrected chi connectivity index (χ4v) is 0. The van der Waals surface area contributed by atoms with E-state index < -0.39 is 0 Å². The molecule has 0 amide bonds. The van der Waals surface area contributed by atoms with Gasteiger partial charge < -0.3 is 4.32 Å². The Kier molecular flexibility index (Phi) is 3.79. The average molecular weight is 77.8 g/mol. The zero-order valence-electron chi connectivity index (χ0n) is 2.59. The van der Waals surface area contributed by atoms with Crippen molar-refractivity contribution in [3.05, 3.63) is 0 Å². The molecule has 0 rings (SSSR count). The minimum Gasteiger partial charge on any atom is -0.335 e. The Morgan fingerprint density at radius 3 is 2.25 bits per heavy atom. The van der Waals surface area contributed by atoms with Gasteiger partial charge in [-0.05, 0) is 0 Å². The molecule has 3 heteroatoms. The van der Waals surface area contributed by atoms with E-state index in [1.807, 2.05) is 6.66 Å². The Morgan fingerprint density at radius 2 is 2.25 bits per heavy atom. The Hall–Kier alpha value is 0.425. The van der Waals surface area contributed by atoms with Crippen LogP contribution in [0.1, 0.15) is 0 Å². The second-order valence-corrected chi connectivity index (χ2v) is 1.46. The van der Waals surface area contributed by atoms with Crippen molar-refractivity contribution < 1.29 is 4.32 Å². The molecule has 0 heterocycles. The number of rotatable bonds is 1. The first-order valence-corrected chi connectivity index (χ1v) is 2.83. The van der Waals surface area contributed by atoms with Crippen molar-refractivity contribution in [1.82, 2.24) is 0 Å². The molecule has 0 nitrogen and oxygen atoms in total. The standard InChI is InChI=1S/CH5BFP/c1-4-2-3/h2,4H,1H3. The van der Waals surface area contributed by atoms with Gasteiger partial charge in [0.2, 0.25) is 0 Å². The van der Waals surface area contributed by atoms with Gasteiger partial charge in [0.15, 0.2) is 0 Å². The predicted octanol–water partition coefficient (Wildman–Crippen LogP) is 0.531. The first-order valence-electron chi connectivity index (χ1n) is 1.12. The normalized spacial score (nSPS) is 9.50. The van der Waals surface area contributed by atoms with Gasteiger partial charge in [-0.1, -0.05) is 6.66 Å². The van der Waals surface area contributed by atoms with E-state index in [1.54, 1.807) is 0 Å². The number of halogens is 1. The smallest absolute Gasteiger partial charge is 0.335 e. The Bertz CT molecular complexity index is 10.0. The van der Waals surface area contributed by atoms with E-state index in [0.717, 1.165) is 0 Å². The van der Waals surface area contributed by atoms with Crippen LogP contribution in [0.4, 0.5) is 4.32 Å². The number of hydrogen-bond acceptors (Lipinski definition) is 0. The summed E-state index contributed by atoms with van der Waals surface area (Å²) in [6.07, 6.45) is 0. The minimum absolute atomic E-state index is 0.153. The van der Waals surface area contributed by atoms with Gasteiger partial charge in [0.1, 0.15) is 0 Å². The molecule has 0 aromatic heterocycles. The van der Waals surface area contributed by atoms with Crippen LogP contribution in [0.25, 0.3) is 0 Å². The third kappa shape index (κ3) is 2.42. The van der Waals surface area contributed by atoms with E-state index in [9.17, 15) is 4.32 Å². The van der Waals surface area contributed by atoms with Crippen LogP contribution in [0.3, 0.4) is 0 Å². The molecule has 0 N–H and O–H groups in total. The first kappa shape index (κ1) is 4.42. The number of hydrogen-bond donors (Lipinski definition) is 0. The summed E-state index contributed by atoms with van der Waals surface area (Å²) in [5.74, 6) is 0. The van der Waals surface area contributed by atoms with Crippen molar-refractivity contribution in [3.63, 3.8) is 0 Å². The maximum atomic E-state index is 10.7. The largest absolute Gasteiger partial charge is 0.354 e. The van der Waals surface area contributed by atoms with Gasteiger partial charge in [-0.2, -0.15) is 0 Å². The molecule has 0 aliphatic carbocycles.